The predicted molar refractivity (Wildman–Crippen MR) is 76.7 cm³/mol. The lowest BCUT2D eigenvalue weighted by Gasteiger charge is -2.43. The van der Waals surface area contributed by atoms with Crippen molar-refractivity contribution in [1.29, 1.82) is 0 Å². The minimum atomic E-state index is -0.131. The van der Waals surface area contributed by atoms with Crippen molar-refractivity contribution in [3.8, 4) is 0 Å². The van der Waals surface area contributed by atoms with Gasteiger partial charge in [0.15, 0.2) is 0 Å². The van der Waals surface area contributed by atoms with Gasteiger partial charge in [-0.25, -0.2) is 0 Å². The number of nitrogens with one attached hydrogen (secondary N) is 1. The lowest BCUT2D eigenvalue weighted by atomic mass is 9.79. The molecule has 0 radical (unpaired) electrons. The summed E-state index contributed by atoms with van der Waals surface area (Å²) >= 11 is 3.50. The molecule has 4 heteroatoms. The van der Waals surface area contributed by atoms with Crippen LogP contribution < -0.4 is 5.32 Å². The maximum Gasteiger partial charge on any atom is 0.0665 e. The van der Waals surface area contributed by atoms with Crippen LogP contribution in [0.15, 0.2) is 28.7 Å². The predicted octanol–water partition coefficient (Wildman–Crippen LogP) is 2.32. The third-order valence-corrected chi connectivity index (χ3v) is 4.92. The van der Waals surface area contributed by atoms with Crippen LogP contribution in [0.4, 0.5) is 5.69 Å². The van der Waals surface area contributed by atoms with Crippen LogP contribution in [0.25, 0.3) is 0 Å². The van der Waals surface area contributed by atoms with Gasteiger partial charge in [-0.05, 0) is 43.5 Å². The van der Waals surface area contributed by atoms with E-state index in [9.17, 15) is 5.11 Å². The standard InChI is InChI=1S/C14H19BrN2O/c15-12-2-1-3-13(8-12)16-14(10-18)5-7-17-6-4-11(14)9-17/h1-3,8,11,16,18H,4-7,9-10H2. The second-order valence-corrected chi connectivity index (χ2v) is 6.40. The highest BCUT2D eigenvalue weighted by Crippen LogP contribution is 2.38. The molecule has 0 spiro atoms. The Bertz CT molecular complexity index is 440. The largest absolute Gasteiger partial charge is 0.394 e. The lowest BCUT2D eigenvalue weighted by Crippen LogP contribution is -2.54. The highest BCUT2D eigenvalue weighted by molar-refractivity contribution is 9.10. The molecule has 2 saturated heterocycles. The number of aliphatic hydroxyl groups is 1. The van der Waals surface area contributed by atoms with Gasteiger partial charge in [-0.2, -0.15) is 0 Å². The van der Waals surface area contributed by atoms with Gasteiger partial charge in [0.25, 0.3) is 0 Å². The van der Waals surface area contributed by atoms with Crippen LogP contribution in [-0.2, 0) is 0 Å². The first kappa shape index (κ1) is 12.5. The van der Waals surface area contributed by atoms with Gasteiger partial charge in [0.2, 0.25) is 0 Å². The molecule has 2 aliphatic rings. The first-order valence-electron chi connectivity index (χ1n) is 6.59. The van der Waals surface area contributed by atoms with Gasteiger partial charge in [-0.3, -0.25) is 0 Å². The van der Waals surface area contributed by atoms with Crippen molar-refractivity contribution < 1.29 is 5.11 Å². The van der Waals surface area contributed by atoms with Crippen LogP contribution in [0, 0.1) is 5.92 Å². The van der Waals surface area contributed by atoms with Crippen LogP contribution in [0.1, 0.15) is 12.8 Å². The Kier molecular flexibility index (Phi) is 3.34. The Morgan fingerprint density at radius 1 is 1.44 bits per heavy atom. The van der Waals surface area contributed by atoms with Crippen LogP contribution in [0.5, 0.6) is 0 Å². The third kappa shape index (κ3) is 2.17. The molecule has 1 aromatic rings. The number of anilines is 1. The first-order valence-corrected chi connectivity index (χ1v) is 7.38. The van der Waals surface area contributed by atoms with E-state index in [1.54, 1.807) is 0 Å². The smallest absolute Gasteiger partial charge is 0.0665 e. The molecule has 3 atom stereocenters. The topological polar surface area (TPSA) is 35.5 Å². The number of benzene rings is 1. The fraction of sp³-hybridized carbons (Fsp3) is 0.571. The molecule has 0 saturated carbocycles. The molecule has 3 nitrogen and oxygen atoms in total. The molecule has 0 aliphatic carbocycles. The molecule has 2 bridgehead atoms. The Balaban J connectivity index is 1.83. The van der Waals surface area contributed by atoms with Crippen molar-refractivity contribution in [3.63, 3.8) is 0 Å². The average molecular weight is 311 g/mol. The van der Waals surface area contributed by atoms with Gasteiger partial charge in [0.1, 0.15) is 0 Å². The van der Waals surface area contributed by atoms with Gasteiger partial charge in [0, 0.05) is 23.2 Å². The number of rotatable bonds is 3. The molecule has 3 rings (SSSR count). The highest BCUT2D eigenvalue weighted by atomic mass is 79.9. The SMILES string of the molecule is OCC1(Nc2cccc(Br)c2)CCN2CCC1C2. The molecule has 2 fully saturated rings. The monoisotopic (exact) mass is 310 g/mol. The van der Waals surface area contributed by atoms with E-state index in [4.69, 9.17) is 0 Å². The Hall–Kier alpha value is -0.580. The van der Waals surface area contributed by atoms with Crippen LogP contribution in [0.2, 0.25) is 0 Å². The van der Waals surface area contributed by atoms with E-state index < -0.39 is 0 Å². The zero-order chi connectivity index (χ0) is 12.6. The maximum atomic E-state index is 9.90. The quantitative estimate of drug-likeness (QED) is 0.899. The number of fused-ring (bicyclic) bond motifs is 2. The van der Waals surface area contributed by atoms with Gasteiger partial charge in [-0.1, -0.05) is 22.0 Å². The minimum absolute atomic E-state index is 0.131. The van der Waals surface area contributed by atoms with E-state index in [-0.39, 0.29) is 12.1 Å². The number of hydrogen-bond acceptors (Lipinski definition) is 3. The van der Waals surface area contributed by atoms with Crippen LogP contribution in [0.3, 0.4) is 0 Å². The fourth-order valence-corrected chi connectivity index (χ4v) is 3.71. The number of nitrogens with zero attached hydrogens (tertiary/aromatic N) is 1. The summed E-state index contributed by atoms with van der Waals surface area (Å²) in [4.78, 5) is 2.50. The second kappa shape index (κ2) is 4.83. The van der Waals surface area contributed by atoms with Crippen molar-refractivity contribution >= 4 is 21.6 Å². The normalized spacial score (nSPS) is 34.6. The first-order chi connectivity index (χ1) is 8.72. The van der Waals surface area contributed by atoms with E-state index in [0.29, 0.717) is 5.92 Å². The molecular formula is C14H19BrN2O. The maximum absolute atomic E-state index is 9.90. The summed E-state index contributed by atoms with van der Waals surface area (Å²) in [5.74, 6) is 0.565. The zero-order valence-electron chi connectivity index (χ0n) is 10.4. The van der Waals surface area contributed by atoms with E-state index in [1.165, 1.54) is 13.0 Å². The molecule has 1 aromatic carbocycles. The van der Waals surface area contributed by atoms with Crippen LogP contribution >= 0.6 is 15.9 Å². The Morgan fingerprint density at radius 2 is 2.33 bits per heavy atom. The Morgan fingerprint density at radius 3 is 3.11 bits per heavy atom. The van der Waals surface area contributed by atoms with Gasteiger partial charge in [0.05, 0.1) is 12.1 Å². The van der Waals surface area contributed by atoms with Crippen molar-refractivity contribution in [2.45, 2.75) is 18.4 Å². The van der Waals surface area contributed by atoms with E-state index in [2.05, 4.69) is 38.3 Å². The zero-order valence-corrected chi connectivity index (χ0v) is 12.0. The molecule has 3 unspecified atom stereocenters. The highest BCUT2D eigenvalue weighted by Gasteiger charge is 2.45. The Labute approximate surface area is 116 Å². The summed E-state index contributed by atoms with van der Waals surface area (Å²) in [5, 5.41) is 13.5. The summed E-state index contributed by atoms with van der Waals surface area (Å²) in [6.45, 7) is 3.63. The number of aliphatic hydroxyl groups excluding tert-OH is 1. The average Bonchev–Trinajstić information content (AvgIpc) is 2.78. The number of hydrogen-bond donors (Lipinski definition) is 2. The second-order valence-electron chi connectivity index (χ2n) is 5.49. The lowest BCUT2D eigenvalue weighted by molar-refractivity contribution is 0.112. The molecular weight excluding hydrogens is 292 g/mol. The molecule has 98 valence electrons. The summed E-state index contributed by atoms with van der Waals surface area (Å²) in [6.07, 6.45) is 2.22. The van der Waals surface area contributed by atoms with Gasteiger partial charge >= 0.3 is 0 Å². The van der Waals surface area contributed by atoms with Crippen molar-refractivity contribution in [1.82, 2.24) is 4.90 Å². The number of halogens is 1. The van der Waals surface area contributed by atoms with Crippen molar-refractivity contribution in [3.05, 3.63) is 28.7 Å². The van der Waals surface area contributed by atoms with Crippen molar-refractivity contribution in [2.24, 2.45) is 5.92 Å². The minimum Gasteiger partial charge on any atom is -0.394 e. The summed E-state index contributed by atoms with van der Waals surface area (Å²) in [6, 6.07) is 8.21. The fourth-order valence-electron chi connectivity index (χ4n) is 3.31. The molecule has 2 aliphatic heterocycles. The molecule has 0 amide bonds. The molecule has 0 aromatic heterocycles. The van der Waals surface area contributed by atoms with Gasteiger partial charge in [-0.15, -0.1) is 0 Å². The molecule has 2 heterocycles. The third-order valence-electron chi connectivity index (χ3n) is 4.43. The summed E-state index contributed by atoms with van der Waals surface area (Å²) < 4.78 is 1.07. The van der Waals surface area contributed by atoms with E-state index in [1.807, 2.05) is 12.1 Å². The summed E-state index contributed by atoms with van der Waals surface area (Å²) in [5.41, 5.74) is 0.965. The number of piperidine rings is 1. The van der Waals surface area contributed by atoms with Crippen LogP contribution in [-0.4, -0.2) is 41.8 Å². The molecule has 18 heavy (non-hydrogen) atoms. The molecule has 2 N–H and O–H groups in total. The van der Waals surface area contributed by atoms with Crippen molar-refractivity contribution in [2.75, 3.05) is 31.6 Å². The van der Waals surface area contributed by atoms with Gasteiger partial charge < -0.3 is 15.3 Å². The summed E-state index contributed by atoms with van der Waals surface area (Å²) in [7, 11) is 0. The van der Waals surface area contributed by atoms with E-state index in [0.717, 1.165) is 29.7 Å². The van der Waals surface area contributed by atoms with E-state index >= 15 is 0 Å².